The van der Waals surface area contributed by atoms with Crippen LogP contribution in [0.2, 0.25) is 0 Å². The predicted molar refractivity (Wildman–Crippen MR) is 73.3 cm³/mol. The second-order valence-corrected chi connectivity index (χ2v) is 5.78. The number of nitrogens with zero attached hydrogens (tertiary/aromatic N) is 1. The number of hydrogen-bond acceptors (Lipinski definition) is 3. The van der Waals surface area contributed by atoms with Gasteiger partial charge < -0.3 is 10.4 Å². The number of aryl methyl sites for hydroxylation is 1. The fourth-order valence-electron chi connectivity index (χ4n) is 2.59. The van der Waals surface area contributed by atoms with E-state index in [1.54, 1.807) is 0 Å². The van der Waals surface area contributed by atoms with E-state index in [-0.39, 0.29) is 0 Å². The average molecular weight is 248 g/mol. The highest BCUT2D eigenvalue weighted by atomic mass is 16.3. The molecule has 3 nitrogen and oxygen atoms in total. The highest BCUT2D eigenvalue weighted by Crippen LogP contribution is 2.31. The van der Waals surface area contributed by atoms with Crippen LogP contribution in [0.3, 0.4) is 0 Å². The van der Waals surface area contributed by atoms with Gasteiger partial charge in [-0.05, 0) is 50.2 Å². The van der Waals surface area contributed by atoms with E-state index in [1.165, 1.54) is 5.56 Å². The van der Waals surface area contributed by atoms with Crippen molar-refractivity contribution in [2.75, 3.05) is 6.54 Å². The van der Waals surface area contributed by atoms with Crippen LogP contribution in [0.15, 0.2) is 18.3 Å². The fourth-order valence-corrected chi connectivity index (χ4v) is 2.59. The smallest absolute Gasteiger partial charge is 0.0771 e. The lowest BCUT2D eigenvalue weighted by Crippen LogP contribution is -2.43. The minimum Gasteiger partial charge on any atom is -0.389 e. The van der Waals surface area contributed by atoms with Gasteiger partial charge in [0.2, 0.25) is 0 Å². The third-order valence-electron chi connectivity index (χ3n) is 4.07. The van der Waals surface area contributed by atoms with E-state index >= 15 is 0 Å². The van der Waals surface area contributed by atoms with E-state index in [0.29, 0.717) is 6.54 Å². The van der Waals surface area contributed by atoms with E-state index in [9.17, 15) is 5.11 Å². The zero-order chi connectivity index (χ0) is 13.0. The van der Waals surface area contributed by atoms with Crippen LogP contribution in [0.4, 0.5) is 0 Å². The van der Waals surface area contributed by atoms with Crippen molar-refractivity contribution in [1.29, 1.82) is 0 Å². The molecule has 0 spiro atoms. The molecule has 2 rings (SSSR count). The summed E-state index contributed by atoms with van der Waals surface area (Å²) < 4.78 is 0. The third-order valence-corrected chi connectivity index (χ3v) is 4.07. The third kappa shape index (κ3) is 3.53. The Kier molecular flexibility index (Phi) is 4.36. The van der Waals surface area contributed by atoms with E-state index < -0.39 is 5.60 Å². The molecule has 0 bridgehead atoms. The van der Waals surface area contributed by atoms with Crippen LogP contribution in [-0.4, -0.2) is 22.2 Å². The van der Waals surface area contributed by atoms with Gasteiger partial charge in [-0.15, -0.1) is 0 Å². The summed E-state index contributed by atoms with van der Waals surface area (Å²) in [4.78, 5) is 4.35. The molecule has 0 aromatic carbocycles. The number of aromatic nitrogens is 1. The van der Waals surface area contributed by atoms with Crippen molar-refractivity contribution in [2.24, 2.45) is 5.92 Å². The maximum Gasteiger partial charge on any atom is 0.0771 e. The molecule has 1 aliphatic rings. The van der Waals surface area contributed by atoms with E-state index in [2.05, 4.69) is 30.2 Å². The Morgan fingerprint density at radius 1 is 1.44 bits per heavy atom. The van der Waals surface area contributed by atoms with Crippen molar-refractivity contribution < 1.29 is 5.11 Å². The van der Waals surface area contributed by atoms with Crippen LogP contribution < -0.4 is 5.32 Å². The molecule has 1 saturated carbocycles. The molecule has 1 aromatic rings. The van der Waals surface area contributed by atoms with Gasteiger partial charge in [-0.1, -0.05) is 13.0 Å². The van der Waals surface area contributed by atoms with Crippen molar-refractivity contribution in [1.82, 2.24) is 10.3 Å². The van der Waals surface area contributed by atoms with Crippen molar-refractivity contribution in [3.63, 3.8) is 0 Å². The van der Waals surface area contributed by atoms with Crippen molar-refractivity contribution in [3.05, 3.63) is 29.6 Å². The number of aliphatic hydroxyl groups is 1. The van der Waals surface area contributed by atoms with Crippen LogP contribution in [0.25, 0.3) is 0 Å². The lowest BCUT2D eigenvalue weighted by Gasteiger charge is -2.35. The Morgan fingerprint density at radius 2 is 2.17 bits per heavy atom. The van der Waals surface area contributed by atoms with Gasteiger partial charge in [0.05, 0.1) is 11.3 Å². The Bertz CT molecular complexity index is 384. The maximum absolute atomic E-state index is 10.5. The Balaban J connectivity index is 1.80. The van der Waals surface area contributed by atoms with Gasteiger partial charge in [-0.3, -0.25) is 4.98 Å². The second-order valence-electron chi connectivity index (χ2n) is 5.78. The molecule has 0 atom stereocenters. The molecular formula is C15H24N2O. The van der Waals surface area contributed by atoms with Gasteiger partial charge in [-0.2, -0.15) is 0 Å². The largest absolute Gasteiger partial charge is 0.389 e. The molecule has 1 aromatic heterocycles. The summed E-state index contributed by atoms with van der Waals surface area (Å²) in [5.41, 5.74) is 1.77. The average Bonchev–Trinajstić information content (AvgIpc) is 2.36. The van der Waals surface area contributed by atoms with Gasteiger partial charge in [0.15, 0.2) is 0 Å². The van der Waals surface area contributed by atoms with Gasteiger partial charge in [0.25, 0.3) is 0 Å². The Hall–Kier alpha value is -0.930. The number of rotatable bonds is 4. The molecule has 0 amide bonds. The molecule has 0 aliphatic heterocycles. The summed E-state index contributed by atoms with van der Waals surface area (Å²) in [5, 5.41) is 13.8. The van der Waals surface area contributed by atoms with Gasteiger partial charge >= 0.3 is 0 Å². The highest BCUT2D eigenvalue weighted by molar-refractivity contribution is 5.17. The van der Waals surface area contributed by atoms with Crippen molar-refractivity contribution >= 4 is 0 Å². The zero-order valence-corrected chi connectivity index (χ0v) is 11.4. The van der Waals surface area contributed by atoms with E-state index in [4.69, 9.17) is 0 Å². The van der Waals surface area contributed by atoms with Gasteiger partial charge in [-0.25, -0.2) is 0 Å². The first kappa shape index (κ1) is 13.5. The van der Waals surface area contributed by atoms with Crippen LogP contribution in [0, 0.1) is 12.8 Å². The lowest BCUT2D eigenvalue weighted by molar-refractivity contribution is -0.00636. The van der Waals surface area contributed by atoms with Crippen molar-refractivity contribution in [2.45, 2.75) is 51.7 Å². The second kappa shape index (κ2) is 5.81. The molecule has 1 fully saturated rings. The van der Waals surface area contributed by atoms with E-state index in [0.717, 1.165) is 43.8 Å². The summed E-state index contributed by atoms with van der Waals surface area (Å²) >= 11 is 0. The fraction of sp³-hybridized carbons (Fsp3) is 0.667. The Morgan fingerprint density at radius 3 is 2.83 bits per heavy atom. The summed E-state index contributed by atoms with van der Waals surface area (Å²) in [5.74, 6) is 0.767. The van der Waals surface area contributed by atoms with Crippen LogP contribution in [0.1, 0.15) is 43.9 Å². The van der Waals surface area contributed by atoms with Gasteiger partial charge in [0, 0.05) is 19.3 Å². The minimum absolute atomic E-state index is 0.505. The van der Waals surface area contributed by atoms with Crippen molar-refractivity contribution in [3.8, 4) is 0 Å². The molecular weight excluding hydrogens is 224 g/mol. The molecule has 2 N–H and O–H groups in total. The maximum atomic E-state index is 10.5. The molecule has 1 heterocycles. The monoisotopic (exact) mass is 248 g/mol. The molecule has 3 heteroatoms. The summed E-state index contributed by atoms with van der Waals surface area (Å²) in [7, 11) is 0. The molecule has 0 unspecified atom stereocenters. The highest BCUT2D eigenvalue weighted by Gasteiger charge is 2.31. The van der Waals surface area contributed by atoms with Gasteiger partial charge in [0.1, 0.15) is 0 Å². The standard InChI is InChI=1S/C15H24N2O/c1-12-5-7-15(18,8-6-12)11-16-10-14-13(2)4-3-9-17-14/h3-4,9,12,16,18H,5-8,10-11H2,1-2H3. The molecule has 1 aliphatic carbocycles. The van der Waals surface area contributed by atoms with Crippen LogP contribution in [-0.2, 0) is 6.54 Å². The molecule has 100 valence electrons. The first-order valence-corrected chi connectivity index (χ1v) is 6.93. The topological polar surface area (TPSA) is 45.2 Å². The van der Waals surface area contributed by atoms with Crippen LogP contribution >= 0.6 is 0 Å². The normalized spacial score (nSPS) is 28.3. The quantitative estimate of drug-likeness (QED) is 0.860. The summed E-state index contributed by atoms with van der Waals surface area (Å²) in [6.45, 7) is 5.76. The first-order valence-electron chi connectivity index (χ1n) is 6.93. The number of hydrogen-bond donors (Lipinski definition) is 2. The molecule has 0 radical (unpaired) electrons. The number of pyridine rings is 1. The van der Waals surface area contributed by atoms with Crippen LogP contribution in [0.5, 0.6) is 0 Å². The molecule has 18 heavy (non-hydrogen) atoms. The Labute approximate surface area is 110 Å². The predicted octanol–water partition coefficient (Wildman–Crippen LogP) is 2.42. The summed E-state index contributed by atoms with van der Waals surface area (Å²) in [6.07, 6.45) is 5.94. The number of nitrogens with one attached hydrogen (secondary N) is 1. The first-order chi connectivity index (χ1) is 8.59. The SMILES string of the molecule is Cc1cccnc1CNCC1(O)CCC(C)CC1. The zero-order valence-electron chi connectivity index (χ0n) is 11.4. The lowest BCUT2D eigenvalue weighted by atomic mass is 9.79. The molecule has 0 saturated heterocycles. The minimum atomic E-state index is -0.505. The van der Waals surface area contributed by atoms with E-state index in [1.807, 2.05) is 12.3 Å². The summed E-state index contributed by atoms with van der Waals surface area (Å²) in [6, 6.07) is 4.02.